The molecule has 1 amide bonds. The zero-order valence-electron chi connectivity index (χ0n) is 11.1. The van der Waals surface area contributed by atoms with Gasteiger partial charge in [-0.3, -0.25) is 4.79 Å². The molecule has 1 aromatic carbocycles. The van der Waals surface area contributed by atoms with Gasteiger partial charge in [-0.25, -0.2) is 0 Å². The number of hydrogen-bond donors (Lipinski definition) is 1. The molecule has 0 fully saturated rings. The molecule has 0 radical (unpaired) electrons. The number of carbonyl (C=O) groups is 1. The highest BCUT2D eigenvalue weighted by Gasteiger charge is 2.40. The number of fused-ring (bicyclic) bond motifs is 1. The third-order valence-corrected chi connectivity index (χ3v) is 4.36. The number of nitrogens with two attached hydrogens (primary N) is 1. The molecule has 6 heteroatoms. The molecule has 106 valence electrons. The Labute approximate surface area is 127 Å². The van der Waals surface area contributed by atoms with Gasteiger partial charge in [-0.05, 0) is 11.1 Å². The monoisotopic (exact) mass is 309 g/mol. The topological polar surface area (TPSA) is 60.4 Å². The third kappa shape index (κ3) is 2.57. The van der Waals surface area contributed by atoms with Crippen molar-refractivity contribution in [3.05, 3.63) is 51.8 Å². The molecule has 0 saturated carbocycles. The van der Waals surface area contributed by atoms with Gasteiger partial charge in [-0.15, -0.1) is 23.7 Å². The maximum atomic E-state index is 12.4. The summed E-state index contributed by atoms with van der Waals surface area (Å²) in [4.78, 5) is 17.2. The summed E-state index contributed by atoms with van der Waals surface area (Å²) in [6, 6.07) is 8.02. The highest BCUT2D eigenvalue weighted by molar-refractivity contribution is 7.07. The maximum Gasteiger partial charge on any atom is 0.269 e. The summed E-state index contributed by atoms with van der Waals surface area (Å²) in [6.45, 7) is 0. The van der Waals surface area contributed by atoms with Gasteiger partial charge in [0, 0.05) is 31.5 Å². The zero-order valence-corrected chi connectivity index (χ0v) is 12.7. The highest BCUT2D eigenvalue weighted by Crippen LogP contribution is 2.29. The van der Waals surface area contributed by atoms with E-state index >= 15 is 0 Å². The van der Waals surface area contributed by atoms with Gasteiger partial charge in [0.2, 0.25) is 0 Å². The summed E-state index contributed by atoms with van der Waals surface area (Å²) in [5, 5.41) is 1.90. The number of thiazole rings is 1. The Morgan fingerprint density at radius 1 is 1.35 bits per heavy atom. The molecule has 1 aromatic heterocycles. The minimum Gasteiger partial charge on any atom is -0.327 e. The van der Waals surface area contributed by atoms with Crippen LogP contribution in [-0.4, -0.2) is 16.0 Å². The van der Waals surface area contributed by atoms with Crippen molar-refractivity contribution in [2.75, 3.05) is 0 Å². The van der Waals surface area contributed by atoms with Crippen molar-refractivity contribution in [3.63, 3.8) is 0 Å². The summed E-state index contributed by atoms with van der Waals surface area (Å²) in [5.41, 5.74) is 7.70. The van der Waals surface area contributed by atoms with E-state index in [0.717, 1.165) is 11.1 Å². The van der Waals surface area contributed by atoms with E-state index < -0.39 is 5.54 Å². The minimum atomic E-state index is -0.888. The lowest BCUT2D eigenvalue weighted by Crippen LogP contribution is -2.48. The average molecular weight is 310 g/mol. The number of amides is 1. The molecule has 1 aliphatic rings. The summed E-state index contributed by atoms with van der Waals surface area (Å²) in [7, 11) is 1.87. The van der Waals surface area contributed by atoms with Gasteiger partial charge in [0.1, 0.15) is 5.54 Å². The van der Waals surface area contributed by atoms with Crippen LogP contribution >= 0.6 is 23.7 Å². The number of nitrogens with zero attached hydrogens (tertiary/aromatic N) is 2. The van der Waals surface area contributed by atoms with Crippen molar-refractivity contribution >= 4 is 29.7 Å². The van der Waals surface area contributed by atoms with Crippen molar-refractivity contribution in [1.29, 1.82) is 0 Å². The van der Waals surface area contributed by atoms with Crippen LogP contribution in [0.2, 0.25) is 0 Å². The molecule has 1 aliphatic carbocycles. The van der Waals surface area contributed by atoms with Crippen LogP contribution in [0.4, 0.5) is 0 Å². The second kappa shape index (κ2) is 5.52. The van der Waals surface area contributed by atoms with Crippen LogP contribution in [0.25, 0.3) is 0 Å². The first-order valence-corrected chi connectivity index (χ1v) is 7.01. The number of benzene rings is 1. The number of hydrogen-bond acceptors (Lipinski definition) is 3. The van der Waals surface area contributed by atoms with Gasteiger partial charge < -0.3 is 10.3 Å². The smallest absolute Gasteiger partial charge is 0.269 e. The lowest BCUT2D eigenvalue weighted by molar-refractivity contribution is -0.122. The van der Waals surface area contributed by atoms with Gasteiger partial charge in [-0.1, -0.05) is 24.3 Å². The third-order valence-electron chi connectivity index (χ3n) is 3.51. The second-order valence-electron chi connectivity index (χ2n) is 4.99. The van der Waals surface area contributed by atoms with Gasteiger partial charge in [0.15, 0.2) is 4.80 Å². The predicted molar refractivity (Wildman–Crippen MR) is 81.9 cm³/mol. The van der Waals surface area contributed by atoms with Gasteiger partial charge in [0.25, 0.3) is 5.91 Å². The Kier molecular flexibility index (Phi) is 4.13. The van der Waals surface area contributed by atoms with Gasteiger partial charge in [0.05, 0.1) is 0 Å². The molecule has 2 aromatic rings. The standard InChI is InChI=1S/C14H15N3OS.ClH/c1-17-6-7-19-13(17)16-12(18)14(15)8-10-4-2-3-5-11(10)9-14;/h2-7H,8-9,15H2,1H3;1H. The van der Waals surface area contributed by atoms with Crippen molar-refractivity contribution in [2.24, 2.45) is 17.8 Å². The number of aromatic nitrogens is 1. The molecule has 4 nitrogen and oxygen atoms in total. The van der Waals surface area contributed by atoms with Crippen LogP contribution in [0.15, 0.2) is 40.8 Å². The van der Waals surface area contributed by atoms with Crippen LogP contribution in [0.3, 0.4) is 0 Å². The highest BCUT2D eigenvalue weighted by atomic mass is 35.5. The molecule has 0 unspecified atom stereocenters. The summed E-state index contributed by atoms with van der Waals surface area (Å²) >= 11 is 1.44. The Hall–Kier alpha value is -1.43. The Balaban J connectivity index is 0.00000147. The van der Waals surface area contributed by atoms with Crippen LogP contribution in [0.5, 0.6) is 0 Å². The Morgan fingerprint density at radius 3 is 2.45 bits per heavy atom. The molecule has 0 atom stereocenters. The fraction of sp³-hybridized carbons (Fsp3) is 0.286. The van der Waals surface area contributed by atoms with Crippen molar-refractivity contribution in [1.82, 2.24) is 4.57 Å². The van der Waals surface area contributed by atoms with Crippen LogP contribution in [0.1, 0.15) is 11.1 Å². The fourth-order valence-corrected chi connectivity index (χ4v) is 3.16. The van der Waals surface area contributed by atoms with Gasteiger partial charge in [-0.2, -0.15) is 4.99 Å². The van der Waals surface area contributed by atoms with Crippen LogP contribution in [-0.2, 0) is 24.7 Å². The average Bonchev–Trinajstić information content (AvgIpc) is 2.93. The normalized spacial score (nSPS) is 16.6. The predicted octanol–water partition coefficient (Wildman–Crippen LogP) is 1.43. The molecule has 1 heterocycles. The zero-order chi connectivity index (χ0) is 13.5. The fourth-order valence-electron chi connectivity index (χ4n) is 2.43. The van der Waals surface area contributed by atoms with E-state index in [2.05, 4.69) is 4.99 Å². The molecule has 2 N–H and O–H groups in total. The van der Waals surface area contributed by atoms with Crippen molar-refractivity contribution in [2.45, 2.75) is 18.4 Å². The van der Waals surface area contributed by atoms with E-state index in [-0.39, 0.29) is 18.3 Å². The number of aryl methyl sites for hydroxylation is 1. The SMILES string of the molecule is Cl.Cn1ccsc1=NC(=O)C1(N)Cc2ccccc2C1. The quantitative estimate of drug-likeness (QED) is 0.866. The Morgan fingerprint density at radius 2 is 1.95 bits per heavy atom. The number of rotatable bonds is 1. The molecular formula is C14H16ClN3OS. The first-order chi connectivity index (χ1) is 9.08. The first kappa shape index (κ1) is 15.0. The van der Waals surface area contributed by atoms with E-state index in [1.807, 2.05) is 47.5 Å². The van der Waals surface area contributed by atoms with E-state index in [1.54, 1.807) is 0 Å². The van der Waals surface area contributed by atoms with Crippen molar-refractivity contribution < 1.29 is 4.79 Å². The first-order valence-electron chi connectivity index (χ1n) is 6.13. The van der Waals surface area contributed by atoms with Crippen LogP contribution < -0.4 is 10.5 Å². The largest absolute Gasteiger partial charge is 0.327 e. The van der Waals surface area contributed by atoms with Gasteiger partial charge >= 0.3 is 0 Å². The molecule has 20 heavy (non-hydrogen) atoms. The maximum absolute atomic E-state index is 12.4. The number of halogens is 1. The van der Waals surface area contributed by atoms with Crippen LogP contribution in [0, 0.1) is 0 Å². The molecule has 0 bridgehead atoms. The van der Waals surface area contributed by atoms with E-state index in [4.69, 9.17) is 5.73 Å². The second-order valence-corrected chi connectivity index (χ2v) is 5.86. The Bertz CT molecular complexity index is 679. The summed E-state index contributed by atoms with van der Waals surface area (Å²) in [6.07, 6.45) is 3.02. The summed E-state index contributed by atoms with van der Waals surface area (Å²) in [5.74, 6) is -0.234. The van der Waals surface area contributed by atoms with Crippen molar-refractivity contribution in [3.8, 4) is 0 Å². The van der Waals surface area contributed by atoms with E-state index in [0.29, 0.717) is 17.6 Å². The minimum absolute atomic E-state index is 0. The molecule has 3 rings (SSSR count). The summed E-state index contributed by atoms with van der Waals surface area (Å²) < 4.78 is 1.83. The molecule has 0 saturated heterocycles. The lowest BCUT2D eigenvalue weighted by atomic mass is 9.96. The molecule has 0 aliphatic heterocycles. The lowest BCUT2D eigenvalue weighted by Gasteiger charge is -2.18. The number of carbonyl (C=O) groups excluding carboxylic acids is 1. The van der Waals surface area contributed by atoms with E-state index in [1.165, 1.54) is 11.3 Å². The molecular weight excluding hydrogens is 294 g/mol. The van der Waals surface area contributed by atoms with E-state index in [9.17, 15) is 4.79 Å². The molecule has 0 spiro atoms.